The van der Waals surface area contributed by atoms with Gasteiger partial charge in [0.25, 0.3) is 0 Å². The predicted molar refractivity (Wildman–Crippen MR) is 70.5 cm³/mol. The first-order valence-corrected chi connectivity index (χ1v) is 6.90. The number of hydrogen-bond donors (Lipinski definition) is 1. The molecule has 2 aliphatic rings. The van der Waals surface area contributed by atoms with Crippen molar-refractivity contribution in [1.82, 2.24) is 0 Å². The summed E-state index contributed by atoms with van der Waals surface area (Å²) < 4.78 is 16.8. The Morgan fingerprint density at radius 1 is 1.44 bits per heavy atom. The number of hydrogen-bond acceptors (Lipinski definition) is 4. The second-order valence-corrected chi connectivity index (χ2v) is 5.29. The first kappa shape index (κ1) is 14.0. The average Bonchev–Trinajstić information content (AvgIpc) is 2.82. The molecular formula is C14H25NO3. The molecule has 0 bridgehead atoms. The fraction of sp³-hybridized carbons (Fsp3) is 0.857. The summed E-state index contributed by atoms with van der Waals surface area (Å²) in [7, 11) is 1.76. The van der Waals surface area contributed by atoms with Gasteiger partial charge in [0.2, 0.25) is 0 Å². The third kappa shape index (κ3) is 3.32. The molecule has 0 aliphatic carbocycles. The molecule has 0 aromatic heterocycles. The molecule has 2 saturated heterocycles. The summed E-state index contributed by atoms with van der Waals surface area (Å²) in [4.78, 5) is 0. The van der Waals surface area contributed by atoms with Gasteiger partial charge in [-0.05, 0) is 31.4 Å². The maximum absolute atomic E-state index is 5.96. The van der Waals surface area contributed by atoms with Gasteiger partial charge >= 0.3 is 0 Å². The zero-order valence-electron chi connectivity index (χ0n) is 11.4. The lowest BCUT2D eigenvalue weighted by Crippen LogP contribution is -2.38. The fourth-order valence-electron chi connectivity index (χ4n) is 2.90. The molecule has 0 aromatic rings. The van der Waals surface area contributed by atoms with E-state index in [2.05, 4.69) is 0 Å². The second kappa shape index (κ2) is 6.66. The van der Waals surface area contributed by atoms with Gasteiger partial charge in [-0.2, -0.15) is 0 Å². The molecule has 18 heavy (non-hydrogen) atoms. The van der Waals surface area contributed by atoms with Crippen LogP contribution < -0.4 is 5.73 Å². The van der Waals surface area contributed by atoms with Crippen LogP contribution in [0.4, 0.5) is 0 Å². The van der Waals surface area contributed by atoms with Gasteiger partial charge in [-0.3, -0.25) is 0 Å². The van der Waals surface area contributed by atoms with Crippen molar-refractivity contribution in [2.24, 2.45) is 5.73 Å². The average molecular weight is 255 g/mol. The van der Waals surface area contributed by atoms with Crippen LogP contribution in [0.2, 0.25) is 0 Å². The highest BCUT2D eigenvalue weighted by molar-refractivity contribution is 5.20. The zero-order chi connectivity index (χ0) is 12.8. The highest BCUT2D eigenvalue weighted by atomic mass is 16.6. The Hall–Kier alpha value is -0.420. The lowest BCUT2D eigenvalue weighted by atomic mass is 9.86. The molecular weight excluding hydrogens is 230 g/mol. The number of rotatable bonds is 5. The largest absolute Gasteiger partial charge is 0.380 e. The summed E-state index contributed by atoms with van der Waals surface area (Å²) in [5.41, 5.74) is 8.51. The first-order valence-electron chi connectivity index (χ1n) is 6.90. The van der Waals surface area contributed by atoms with E-state index in [-0.39, 0.29) is 5.60 Å². The monoisotopic (exact) mass is 255 g/mol. The molecule has 2 N–H and O–H groups in total. The van der Waals surface area contributed by atoms with Crippen LogP contribution in [0.3, 0.4) is 0 Å². The van der Waals surface area contributed by atoms with Gasteiger partial charge in [-0.1, -0.05) is 5.57 Å². The van der Waals surface area contributed by atoms with E-state index in [1.54, 1.807) is 7.11 Å². The highest BCUT2D eigenvalue weighted by Crippen LogP contribution is 2.37. The predicted octanol–water partition coefficient (Wildman–Crippen LogP) is 1.64. The molecule has 0 saturated carbocycles. The SMILES string of the molecule is COCC(CCCN)=C1CCOC2(CCOC2)C1. The summed E-state index contributed by atoms with van der Waals surface area (Å²) >= 11 is 0. The molecule has 2 rings (SSSR count). The standard InChI is InChI=1S/C14H25NO3/c1-16-10-13(3-2-6-15)12-4-7-18-14(9-12)5-8-17-11-14/h2-11,15H2,1H3. The smallest absolute Gasteiger partial charge is 0.0973 e. The number of methoxy groups -OCH3 is 1. The summed E-state index contributed by atoms with van der Waals surface area (Å²) in [6.45, 7) is 3.86. The summed E-state index contributed by atoms with van der Waals surface area (Å²) in [5.74, 6) is 0. The minimum atomic E-state index is -0.0463. The minimum Gasteiger partial charge on any atom is -0.380 e. The third-order valence-electron chi connectivity index (χ3n) is 3.92. The highest BCUT2D eigenvalue weighted by Gasteiger charge is 2.39. The van der Waals surface area contributed by atoms with Gasteiger partial charge in [0.15, 0.2) is 0 Å². The Labute approximate surface area is 109 Å². The Morgan fingerprint density at radius 2 is 2.33 bits per heavy atom. The van der Waals surface area contributed by atoms with Crippen molar-refractivity contribution in [2.75, 3.05) is 40.1 Å². The molecule has 2 fully saturated rings. The number of ether oxygens (including phenoxy) is 3. The molecule has 1 spiro atoms. The lowest BCUT2D eigenvalue weighted by Gasteiger charge is -2.35. The molecule has 4 nitrogen and oxygen atoms in total. The van der Waals surface area contributed by atoms with Gasteiger partial charge in [-0.25, -0.2) is 0 Å². The van der Waals surface area contributed by atoms with Crippen molar-refractivity contribution < 1.29 is 14.2 Å². The van der Waals surface area contributed by atoms with Crippen LogP contribution in [-0.4, -0.2) is 45.7 Å². The van der Waals surface area contributed by atoms with Gasteiger partial charge < -0.3 is 19.9 Å². The van der Waals surface area contributed by atoms with Crippen LogP contribution in [0.15, 0.2) is 11.1 Å². The maximum Gasteiger partial charge on any atom is 0.0973 e. The molecule has 2 heterocycles. The molecule has 0 amide bonds. The van der Waals surface area contributed by atoms with E-state index in [0.717, 1.165) is 65.1 Å². The van der Waals surface area contributed by atoms with Gasteiger partial charge in [0.05, 0.1) is 25.4 Å². The van der Waals surface area contributed by atoms with Crippen LogP contribution in [0, 0.1) is 0 Å². The van der Waals surface area contributed by atoms with E-state index in [1.165, 1.54) is 11.1 Å². The van der Waals surface area contributed by atoms with E-state index >= 15 is 0 Å². The van der Waals surface area contributed by atoms with Crippen molar-refractivity contribution in [1.29, 1.82) is 0 Å². The van der Waals surface area contributed by atoms with Crippen molar-refractivity contribution in [3.05, 3.63) is 11.1 Å². The van der Waals surface area contributed by atoms with E-state index < -0.39 is 0 Å². The molecule has 4 heteroatoms. The molecule has 1 atom stereocenters. The van der Waals surface area contributed by atoms with Crippen LogP contribution in [0.25, 0.3) is 0 Å². The van der Waals surface area contributed by atoms with E-state index in [9.17, 15) is 0 Å². The second-order valence-electron chi connectivity index (χ2n) is 5.29. The van der Waals surface area contributed by atoms with Crippen molar-refractivity contribution in [3.8, 4) is 0 Å². The van der Waals surface area contributed by atoms with Gasteiger partial charge in [0, 0.05) is 26.6 Å². The summed E-state index contributed by atoms with van der Waals surface area (Å²) in [6, 6.07) is 0. The van der Waals surface area contributed by atoms with Crippen molar-refractivity contribution in [3.63, 3.8) is 0 Å². The number of nitrogens with two attached hydrogens (primary N) is 1. The van der Waals surface area contributed by atoms with Crippen molar-refractivity contribution >= 4 is 0 Å². The lowest BCUT2D eigenvalue weighted by molar-refractivity contribution is -0.0640. The fourth-order valence-corrected chi connectivity index (χ4v) is 2.90. The summed E-state index contributed by atoms with van der Waals surface area (Å²) in [6.07, 6.45) is 5.15. The van der Waals surface area contributed by atoms with E-state index in [0.29, 0.717) is 0 Å². The van der Waals surface area contributed by atoms with Gasteiger partial charge in [-0.15, -0.1) is 0 Å². The van der Waals surface area contributed by atoms with E-state index in [1.807, 2.05) is 0 Å². The Balaban J connectivity index is 2.06. The van der Waals surface area contributed by atoms with Crippen LogP contribution in [-0.2, 0) is 14.2 Å². The molecule has 0 radical (unpaired) electrons. The first-order chi connectivity index (χ1) is 8.79. The van der Waals surface area contributed by atoms with E-state index in [4.69, 9.17) is 19.9 Å². The Kier molecular flexibility index (Phi) is 5.18. The quantitative estimate of drug-likeness (QED) is 0.759. The summed E-state index contributed by atoms with van der Waals surface area (Å²) in [5, 5.41) is 0. The molecule has 1 unspecified atom stereocenters. The molecule has 0 aromatic carbocycles. The molecule has 104 valence electrons. The van der Waals surface area contributed by atoms with Crippen molar-refractivity contribution in [2.45, 2.75) is 37.7 Å². The topological polar surface area (TPSA) is 53.7 Å². The maximum atomic E-state index is 5.96. The third-order valence-corrected chi connectivity index (χ3v) is 3.92. The van der Waals surface area contributed by atoms with Gasteiger partial charge in [0.1, 0.15) is 0 Å². The minimum absolute atomic E-state index is 0.0463. The van der Waals surface area contributed by atoms with Crippen LogP contribution in [0.5, 0.6) is 0 Å². The Bertz CT molecular complexity index is 295. The zero-order valence-corrected chi connectivity index (χ0v) is 11.4. The Morgan fingerprint density at radius 3 is 3.00 bits per heavy atom. The normalized spacial score (nSPS) is 31.0. The van der Waals surface area contributed by atoms with Crippen LogP contribution in [0.1, 0.15) is 32.1 Å². The van der Waals surface area contributed by atoms with Crippen LogP contribution >= 0.6 is 0 Å². The molecule has 2 aliphatic heterocycles.